The first-order valence-corrected chi connectivity index (χ1v) is 11.4. The van der Waals surface area contributed by atoms with E-state index in [1.807, 2.05) is 0 Å². The van der Waals surface area contributed by atoms with Crippen LogP contribution in [-0.4, -0.2) is 94.3 Å². The van der Waals surface area contributed by atoms with Gasteiger partial charge in [0, 0.05) is 19.5 Å². The van der Waals surface area contributed by atoms with E-state index in [0.717, 1.165) is 16.9 Å². The first-order chi connectivity index (χ1) is 16.7. The Hall–Kier alpha value is -3.83. The molecule has 0 bridgehead atoms. The minimum Gasteiger partial charge on any atom is -0.508 e. The Morgan fingerprint density at radius 2 is 1.86 bits per heavy atom. The van der Waals surface area contributed by atoms with Gasteiger partial charge in [0.15, 0.2) is 0 Å². The number of hydrogen-bond acceptors (Lipinski definition) is 8. The smallest absolute Gasteiger partial charge is 0.408 e. The molecule has 1 aliphatic heterocycles. The highest BCUT2D eigenvalue weighted by Crippen LogP contribution is 2.21. The summed E-state index contributed by atoms with van der Waals surface area (Å²) < 4.78 is 9.98. The molecule has 1 saturated heterocycles. The number of aryl methyl sites for hydroxylation is 1. The van der Waals surface area contributed by atoms with E-state index in [0.29, 0.717) is 11.1 Å². The summed E-state index contributed by atoms with van der Waals surface area (Å²) in [5.41, 5.74) is 0.493. The topological polar surface area (TPSA) is 163 Å². The Labute approximate surface area is 209 Å². The van der Waals surface area contributed by atoms with Crippen LogP contribution in [0.1, 0.15) is 38.3 Å². The molecule has 1 aliphatic rings. The van der Waals surface area contributed by atoms with Crippen molar-refractivity contribution in [3.8, 4) is 5.75 Å². The number of methoxy groups -OCH3 is 1. The van der Waals surface area contributed by atoms with E-state index in [2.05, 4.69) is 10.1 Å². The van der Waals surface area contributed by atoms with E-state index in [1.165, 1.54) is 12.1 Å². The first kappa shape index (κ1) is 28.4. The van der Waals surface area contributed by atoms with E-state index in [-0.39, 0.29) is 25.3 Å². The van der Waals surface area contributed by atoms with Crippen molar-refractivity contribution in [1.82, 2.24) is 15.1 Å². The maximum Gasteiger partial charge on any atom is 0.408 e. The molecule has 12 nitrogen and oxygen atoms in total. The van der Waals surface area contributed by atoms with Gasteiger partial charge in [0.1, 0.15) is 30.0 Å². The minimum absolute atomic E-state index is 0.0126. The SMILES string of the molecule is COC(=O)CC1C(=O)N(CC(=O)O)CCN1C(=O)[C@H](Cc1ccc(O)cc1C)NC(=O)OC(C)(C)C. The number of esters is 1. The van der Waals surface area contributed by atoms with E-state index < -0.39 is 60.5 Å². The van der Waals surface area contributed by atoms with Crippen LogP contribution in [0.15, 0.2) is 18.2 Å². The molecular weight excluding hydrogens is 474 g/mol. The molecule has 0 saturated carbocycles. The summed E-state index contributed by atoms with van der Waals surface area (Å²) in [7, 11) is 1.14. The molecule has 0 radical (unpaired) electrons. The third-order valence-corrected chi connectivity index (χ3v) is 5.52. The molecule has 0 aliphatic carbocycles. The van der Waals surface area contributed by atoms with Gasteiger partial charge in [-0.2, -0.15) is 0 Å². The van der Waals surface area contributed by atoms with Crippen LogP contribution in [0.5, 0.6) is 5.75 Å². The summed E-state index contributed by atoms with van der Waals surface area (Å²) in [6.07, 6.45) is -1.31. The Balaban J connectivity index is 2.39. The second kappa shape index (κ2) is 11.7. The zero-order chi connectivity index (χ0) is 27.2. The van der Waals surface area contributed by atoms with Crippen molar-refractivity contribution in [3.05, 3.63) is 29.3 Å². The van der Waals surface area contributed by atoms with Gasteiger partial charge in [-0.05, 0) is 51.0 Å². The molecule has 1 unspecified atom stereocenters. The second-order valence-corrected chi connectivity index (χ2v) is 9.49. The van der Waals surface area contributed by atoms with Crippen LogP contribution in [-0.2, 0) is 35.1 Å². The number of phenolic OH excluding ortho intramolecular Hbond substituents is 1. The maximum absolute atomic E-state index is 13.7. The Kier molecular flexibility index (Phi) is 9.26. The number of carbonyl (C=O) groups is 5. The first-order valence-electron chi connectivity index (χ1n) is 11.4. The Morgan fingerprint density at radius 3 is 2.42 bits per heavy atom. The van der Waals surface area contributed by atoms with Crippen molar-refractivity contribution in [1.29, 1.82) is 0 Å². The molecule has 3 N–H and O–H groups in total. The predicted octanol–water partition coefficient (Wildman–Crippen LogP) is 0.824. The molecule has 1 aromatic rings. The van der Waals surface area contributed by atoms with Gasteiger partial charge in [-0.3, -0.25) is 19.2 Å². The standard InChI is InChI=1S/C24H33N3O9/c1-14-10-16(28)7-6-15(14)11-17(25-23(34)36-24(2,3)4)21(32)27-9-8-26(13-19(29)30)22(33)18(27)12-20(31)35-5/h6-7,10,17-18,28H,8-9,11-13H2,1-5H3,(H,25,34)(H,29,30)/t17-,18?/m0/s1. The number of carboxylic acid groups (broad SMARTS) is 1. The number of hydrogen-bond donors (Lipinski definition) is 3. The summed E-state index contributed by atoms with van der Waals surface area (Å²) >= 11 is 0. The van der Waals surface area contributed by atoms with Crippen molar-refractivity contribution < 1.29 is 43.7 Å². The lowest BCUT2D eigenvalue weighted by molar-refractivity contribution is -0.159. The van der Waals surface area contributed by atoms with Crippen molar-refractivity contribution in [2.45, 2.75) is 58.2 Å². The number of piperazine rings is 1. The number of rotatable bonds is 8. The van der Waals surface area contributed by atoms with Gasteiger partial charge < -0.3 is 34.8 Å². The number of nitrogens with one attached hydrogen (secondary N) is 1. The highest BCUT2D eigenvalue weighted by molar-refractivity contribution is 5.95. The number of alkyl carbamates (subject to hydrolysis) is 1. The number of carbonyl (C=O) groups excluding carboxylic acids is 4. The average molecular weight is 508 g/mol. The summed E-state index contributed by atoms with van der Waals surface area (Å²) in [6, 6.07) is 2.09. The molecule has 2 atom stereocenters. The van der Waals surface area contributed by atoms with E-state index in [1.54, 1.807) is 33.8 Å². The van der Waals surface area contributed by atoms with Crippen LogP contribution in [0.4, 0.5) is 4.79 Å². The van der Waals surface area contributed by atoms with Crippen LogP contribution in [0, 0.1) is 6.92 Å². The molecule has 0 spiro atoms. The fourth-order valence-corrected chi connectivity index (χ4v) is 3.84. The lowest BCUT2D eigenvalue weighted by Gasteiger charge is -2.41. The maximum atomic E-state index is 13.7. The Morgan fingerprint density at radius 1 is 1.19 bits per heavy atom. The summed E-state index contributed by atoms with van der Waals surface area (Å²) in [5, 5.41) is 21.4. The lowest BCUT2D eigenvalue weighted by Crippen LogP contribution is -2.63. The van der Waals surface area contributed by atoms with Crippen molar-refractivity contribution in [2.75, 3.05) is 26.7 Å². The number of aromatic hydroxyl groups is 1. The van der Waals surface area contributed by atoms with Crippen LogP contribution < -0.4 is 5.32 Å². The number of nitrogens with zero attached hydrogens (tertiary/aromatic N) is 2. The van der Waals surface area contributed by atoms with Gasteiger partial charge in [-0.25, -0.2) is 4.79 Å². The molecule has 36 heavy (non-hydrogen) atoms. The fraction of sp³-hybridized carbons (Fsp3) is 0.542. The van der Waals surface area contributed by atoms with E-state index >= 15 is 0 Å². The van der Waals surface area contributed by atoms with Gasteiger partial charge >= 0.3 is 18.0 Å². The molecule has 2 rings (SSSR count). The zero-order valence-corrected chi connectivity index (χ0v) is 21.1. The van der Waals surface area contributed by atoms with Crippen LogP contribution in [0.3, 0.4) is 0 Å². The van der Waals surface area contributed by atoms with Gasteiger partial charge in [0.2, 0.25) is 11.8 Å². The molecule has 1 fully saturated rings. The summed E-state index contributed by atoms with van der Waals surface area (Å²) in [4.78, 5) is 64.7. The third kappa shape index (κ3) is 7.85. The second-order valence-electron chi connectivity index (χ2n) is 9.49. The molecule has 0 aromatic heterocycles. The van der Waals surface area contributed by atoms with Crippen LogP contribution in [0.2, 0.25) is 0 Å². The minimum atomic E-state index is -1.30. The zero-order valence-electron chi connectivity index (χ0n) is 21.1. The molecule has 1 heterocycles. The quantitative estimate of drug-likeness (QED) is 0.432. The number of amides is 3. The van der Waals surface area contributed by atoms with Crippen LogP contribution >= 0.6 is 0 Å². The Bertz CT molecular complexity index is 1020. The van der Waals surface area contributed by atoms with Gasteiger partial charge in [0.05, 0.1) is 13.5 Å². The van der Waals surface area contributed by atoms with Crippen molar-refractivity contribution in [2.24, 2.45) is 0 Å². The molecule has 198 valence electrons. The fourth-order valence-electron chi connectivity index (χ4n) is 3.84. The molecular formula is C24H33N3O9. The number of ether oxygens (including phenoxy) is 2. The predicted molar refractivity (Wildman–Crippen MR) is 126 cm³/mol. The van der Waals surface area contributed by atoms with Crippen molar-refractivity contribution in [3.63, 3.8) is 0 Å². The number of benzene rings is 1. The molecule has 12 heteroatoms. The van der Waals surface area contributed by atoms with E-state index in [9.17, 15) is 29.1 Å². The highest BCUT2D eigenvalue weighted by atomic mass is 16.6. The third-order valence-electron chi connectivity index (χ3n) is 5.52. The lowest BCUT2D eigenvalue weighted by atomic mass is 9.98. The average Bonchev–Trinajstić information content (AvgIpc) is 2.75. The number of aliphatic carboxylic acids is 1. The monoisotopic (exact) mass is 507 g/mol. The molecule has 3 amide bonds. The summed E-state index contributed by atoms with van der Waals surface area (Å²) in [5.74, 6) is -3.30. The van der Waals surface area contributed by atoms with Crippen molar-refractivity contribution >= 4 is 29.8 Å². The highest BCUT2D eigenvalue weighted by Gasteiger charge is 2.42. The largest absolute Gasteiger partial charge is 0.508 e. The van der Waals surface area contributed by atoms with Gasteiger partial charge in [-0.15, -0.1) is 0 Å². The number of carboxylic acids is 1. The normalized spacial score (nSPS) is 16.8. The van der Waals surface area contributed by atoms with Gasteiger partial charge in [-0.1, -0.05) is 6.07 Å². The summed E-state index contributed by atoms with van der Waals surface area (Å²) in [6.45, 7) is 6.04. The van der Waals surface area contributed by atoms with Crippen LogP contribution in [0.25, 0.3) is 0 Å². The molecule has 1 aromatic carbocycles. The number of phenols is 1. The van der Waals surface area contributed by atoms with Gasteiger partial charge in [0.25, 0.3) is 0 Å². The van der Waals surface area contributed by atoms with E-state index in [4.69, 9.17) is 9.84 Å².